The first-order valence-corrected chi connectivity index (χ1v) is 8.03. The number of carbonyl (C=O) groups is 1. The summed E-state index contributed by atoms with van der Waals surface area (Å²) in [6, 6.07) is 7.52. The standard InChI is InChI=1S/C17H15ClN4O2/c1-10-9-24-16(19-10)17(23)22-7-6-14-13(8-22)15(21-20-14)11-2-4-12(18)5-3-11/h2-5,9H,6-8H2,1H3,(H,20,21). The summed E-state index contributed by atoms with van der Waals surface area (Å²) in [6.45, 7) is 2.88. The number of aryl methyl sites for hydroxylation is 1. The molecule has 0 fully saturated rings. The lowest BCUT2D eigenvalue weighted by molar-refractivity contribution is 0.0694. The summed E-state index contributed by atoms with van der Waals surface area (Å²) in [6.07, 6.45) is 2.21. The number of benzene rings is 1. The average molecular weight is 343 g/mol. The van der Waals surface area contributed by atoms with Crippen LogP contribution < -0.4 is 0 Å². The summed E-state index contributed by atoms with van der Waals surface area (Å²) in [5.41, 5.74) is 4.61. The fraction of sp³-hybridized carbons (Fsp3) is 0.235. The molecule has 1 aromatic carbocycles. The Morgan fingerprint density at radius 3 is 2.83 bits per heavy atom. The van der Waals surface area contributed by atoms with Crippen LogP contribution in [-0.2, 0) is 13.0 Å². The van der Waals surface area contributed by atoms with Crippen LogP contribution in [0.25, 0.3) is 11.3 Å². The Hall–Kier alpha value is -2.60. The van der Waals surface area contributed by atoms with E-state index in [9.17, 15) is 4.79 Å². The number of fused-ring (bicyclic) bond motifs is 1. The van der Waals surface area contributed by atoms with Gasteiger partial charge in [0.15, 0.2) is 0 Å². The quantitative estimate of drug-likeness (QED) is 0.775. The molecule has 1 aliphatic rings. The van der Waals surface area contributed by atoms with Crippen molar-refractivity contribution in [1.82, 2.24) is 20.1 Å². The van der Waals surface area contributed by atoms with Gasteiger partial charge in [0.1, 0.15) is 6.26 Å². The summed E-state index contributed by atoms with van der Waals surface area (Å²) in [5, 5.41) is 8.19. The van der Waals surface area contributed by atoms with Crippen LogP contribution in [0.3, 0.4) is 0 Å². The van der Waals surface area contributed by atoms with Gasteiger partial charge >= 0.3 is 5.91 Å². The van der Waals surface area contributed by atoms with Crippen molar-refractivity contribution in [1.29, 1.82) is 0 Å². The molecule has 2 aromatic heterocycles. The van der Waals surface area contributed by atoms with Crippen LogP contribution in [-0.4, -0.2) is 32.5 Å². The number of amides is 1. The lowest BCUT2D eigenvalue weighted by Gasteiger charge is -2.26. The number of H-pyrrole nitrogens is 1. The van der Waals surface area contributed by atoms with E-state index in [-0.39, 0.29) is 11.8 Å². The van der Waals surface area contributed by atoms with E-state index in [1.807, 2.05) is 24.3 Å². The van der Waals surface area contributed by atoms with Gasteiger partial charge in [-0.15, -0.1) is 0 Å². The van der Waals surface area contributed by atoms with Crippen molar-refractivity contribution in [3.63, 3.8) is 0 Å². The third-order valence-corrected chi connectivity index (χ3v) is 4.39. The largest absolute Gasteiger partial charge is 0.441 e. The van der Waals surface area contributed by atoms with Gasteiger partial charge in [-0.25, -0.2) is 4.98 Å². The van der Waals surface area contributed by atoms with Gasteiger partial charge in [-0.3, -0.25) is 9.89 Å². The minimum Gasteiger partial charge on any atom is -0.441 e. The Balaban J connectivity index is 1.63. The van der Waals surface area contributed by atoms with Gasteiger partial charge in [-0.1, -0.05) is 23.7 Å². The van der Waals surface area contributed by atoms with Gasteiger partial charge in [-0.05, 0) is 19.1 Å². The highest BCUT2D eigenvalue weighted by molar-refractivity contribution is 6.30. The molecular formula is C17H15ClN4O2. The second-order valence-corrected chi connectivity index (χ2v) is 6.24. The zero-order valence-electron chi connectivity index (χ0n) is 13.0. The molecule has 3 heterocycles. The second-order valence-electron chi connectivity index (χ2n) is 5.81. The van der Waals surface area contributed by atoms with Gasteiger partial charge in [0.05, 0.1) is 17.9 Å². The van der Waals surface area contributed by atoms with Crippen molar-refractivity contribution in [2.45, 2.75) is 19.9 Å². The molecule has 0 bridgehead atoms. The van der Waals surface area contributed by atoms with Crippen LogP contribution in [0.15, 0.2) is 34.9 Å². The predicted molar refractivity (Wildman–Crippen MR) is 88.7 cm³/mol. The van der Waals surface area contributed by atoms with Crippen molar-refractivity contribution in [3.8, 4) is 11.3 Å². The predicted octanol–water partition coefficient (Wildman–Crippen LogP) is 3.23. The summed E-state index contributed by atoms with van der Waals surface area (Å²) in [5.74, 6) is -0.0653. The molecule has 4 rings (SSSR count). The molecule has 0 aliphatic carbocycles. The normalized spacial score (nSPS) is 13.8. The zero-order chi connectivity index (χ0) is 16.7. The Morgan fingerprint density at radius 1 is 1.33 bits per heavy atom. The highest BCUT2D eigenvalue weighted by Gasteiger charge is 2.28. The number of carbonyl (C=O) groups excluding carboxylic acids is 1. The Morgan fingerprint density at radius 2 is 2.12 bits per heavy atom. The molecule has 24 heavy (non-hydrogen) atoms. The third-order valence-electron chi connectivity index (χ3n) is 4.14. The van der Waals surface area contributed by atoms with Crippen LogP contribution in [0, 0.1) is 6.92 Å². The lowest BCUT2D eigenvalue weighted by atomic mass is 10.0. The first-order valence-electron chi connectivity index (χ1n) is 7.65. The molecule has 6 nitrogen and oxygen atoms in total. The Labute approximate surface area is 143 Å². The fourth-order valence-corrected chi connectivity index (χ4v) is 3.03. The van der Waals surface area contributed by atoms with E-state index in [2.05, 4.69) is 15.2 Å². The molecule has 0 radical (unpaired) electrons. The van der Waals surface area contributed by atoms with Crippen molar-refractivity contribution in [3.05, 3.63) is 58.4 Å². The van der Waals surface area contributed by atoms with Crippen LogP contribution in [0.5, 0.6) is 0 Å². The molecule has 1 N–H and O–H groups in total. The van der Waals surface area contributed by atoms with Crippen molar-refractivity contribution >= 4 is 17.5 Å². The molecule has 1 aliphatic heterocycles. The molecule has 0 saturated heterocycles. The molecular weight excluding hydrogens is 328 g/mol. The number of nitrogens with zero attached hydrogens (tertiary/aromatic N) is 3. The van der Waals surface area contributed by atoms with E-state index in [1.165, 1.54) is 6.26 Å². The molecule has 122 valence electrons. The number of hydrogen-bond donors (Lipinski definition) is 1. The fourth-order valence-electron chi connectivity index (χ4n) is 2.90. The van der Waals surface area contributed by atoms with Gasteiger partial charge in [0.25, 0.3) is 5.89 Å². The first-order chi connectivity index (χ1) is 11.6. The molecule has 0 atom stereocenters. The third kappa shape index (κ3) is 2.59. The number of aromatic nitrogens is 3. The molecule has 7 heteroatoms. The van der Waals surface area contributed by atoms with Crippen molar-refractivity contribution < 1.29 is 9.21 Å². The summed E-state index contributed by atoms with van der Waals surface area (Å²) in [4.78, 5) is 18.4. The van der Waals surface area contributed by atoms with E-state index in [0.29, 0.717) is 23.8 Å². The highest BCUT2D eigenvalue weighted by Crippen LogP contribution is 2.29. The van der Waals surface area contributed by atoms with Crippen LogP contribution >= 0.6 is 11.6 Å². The SMILES string of the molecule is Cc1coc(C(=O)N2CCc3[nH]nc(-c4ccc(Cl)cc4)c3C2)n1. The minimum atomic E-state index is -0.197. The van der Waals surface area contributed by atoms with Crippen molar-refractivity contribution in [2.24, 2.45) is 0 Å². The maximum Gasteiger partial charge on any atom is 0.310 e. The summed E-state index contributed by atoms with van der Waals surface area (Å²) < 4.78 is 5.24. The summed E-state index contributed by atoms with van der Waals surface area (Å²) in [7, 11) is 0. The van der Waals surface area contributed by atoms with E-state index < -0.39 is 0 Å². The minimum absolute atomic E-state index is 0.132. The first kappa shape index (κ1) is 15.0. The number of nitrogens with one attached hydrogen (secondary N) is 1. The van der Waals surface area contributed by atoms with Gasteiger partial charge in [0, 0.05) is 34.8 Å². The lowest BCUT2D eigenvalue weighted by Crippen LogP contribution is -2.36. The average Bonchev–Trinajstić information content (AvgIpc) is 3.21. The van der Waals surface area contributed by atoms with Crippen LogP contribution in [0.1, 0.15) is 27.6 Å². The van der Waals surface area contributed by atoms with Crippen LogP contribution in [0.4, 0.5) is 0 Å². The second kappa shape index (κ2) is 5.79. The number of aromatic amines is 1. The van der Waals surface area contributed by atoms with Gasteiger partial charge in [-0.2, -0.15) is 5.10 Å². The van der Waals surface area contributed by atoms with Crippen LogP contribution in [0.2, 0.25) is 5.02 Å². The highest BCUT2D eigenvalue weighted by atomic mass is 35.5. The van der Waals surface area contributed by atoms with Gasteiger partial charge < -0.3 is 9.32 Å². The van der Waals surface area contributed by atoms with E-state index >= 15 is 0 Å². The number of rotatable bonds is 2. The number of oxazole rings is 1. The monoisotopic (exact) mass is 342 g/mol. The van der Waals surface area contributed by atoms with Crippen molar-refractivity contribution in [2.75, 3.05) is 6.54 Å². The number of hydrogen-bond acceptors (Lipinski definition) is 4. The topological polar surface area (TPSA) is 75.0 Å². The van der Waals surface area contributed by atoms with E-state index in [1.54, 1.807) is 11.8 Å². The Kier molecular flexibility index (Phi) is 3.61. The van der Waals surface area contributed by atoms with Gasteiger partial charge in [0.2, 0.25) is 0 Å². The Bertz CT molecular complexity index is 898. The zero-order valence-corrected chi connectivity index (χ0v) is 13.8. The summed E-state index contributed by atoms with van der Waals surface area (Å²) >= 11 is 5.95. The molecule has 0 unspecified atom stereocenters. The molecule has 0 spiro atoms. The molecule has 0 saturated carbocycles. The van der Waals surface area contributed by atoms with E-state index in [4.69, 9.17) is 16.0 Å². The molecule has 3 aromatic rings. The molecule has 1 amide bonds. The smallest absolute Gasteiger partial charge is 0.310 e. The number of halogens is 1. The van der Waals surface area contributed by atoms with E-state index in [0.717, 1.165) is 28.9 Å². The maximum absolute atomic E-state index is 12.6. The maximum atomic E-state index is 12.6.